The van der Waals surface area contributed by atoms with Gasteiger partial charge in [0.15, 0.2) is 0 Å². The molecule has 0 saturated carbocycles. The van der Waals surface area contributed by atoms with Crippen LogP contribution in [0.2, 0.25) is 0 Å². The number of hydrogen-bond acceptors (Lipinski definition) is 3. The van der Waals surface area contributed by atoms with Crippen molar-refractivity contribution >= 4 is 11.8 Å². The van der Waals surface area contributed by atoms with Crippen LogP contribution in [0, 0.1) is 11.8 Å². The van der Waals surface area contributed by atoms with Crippen molar-refractivity contribution < 1.29 is 9.59 Å². The van der Waals surface area contributed by atoms with Gasteiger partial charge >= 0.3 is 0 Å². The Hall–Kier alpha value is -1.10. The van der Waals surface area contributed by atoms with Gasteiger partial charge in [-0.05, 0) is 37.5 Å². The Bertz CT molecular complexity index is 390. The lowest BCUT2D eigenvalue weighted by atomic mass is 9.92. The van der Waals surface area contributed by atoms with E-state index in [1.54, 1.807) is 0 Å². The number of amides is 2. The fourth-order valence-corrected chi connectivity index (χ4v) is 3.95. The summed E-state index contributed by atoms with van der Waals surface area (Å²) in [6.45, 7) is 9.42. The van der Waals surface area contributed by atoms with Crippen LogP contribution < -0.4 is 5.32 Å². The number of piperidine rings is 1. The lowest BCUT2D eigenvalue weighted by Gasteiger charge is -2.34. The lowest BCUT2D eigenvalue weighted by molar-refractivity contribution is -0.130. The Morgan fingerprint density at radius 1 is 1.17 bits per heavy atom. The van der Waals surface area contributed by atoms with E-state index in [0.717, 1.165) is 51.9 Å². The van der Waals surface area contributed by atoms with Crippen molar-refractivity contribution in [2.24, 2.45) is 11.8 Å². The van der Waals surface area contributed by atoms with Crippen molar-refractivity contribution in [2.45, 2.75) is 52.4 Å². The summed E-state index contributed by atoms with van der Waals surface area (Å²) in [7, 11) is 0. The molecule has 0 radical (unpaired) electrons. The molecule has 0 spiro atoms. The maximum atomic E-state index is 12.1. The van der Waals surface area contributed by atoms with E-state index >= 15 is 0 Å². The maximum absolute atomic E-state index is 12.1. The number of carbonyl (C=O) groups is 2. The Kier molecular flexibility index (Phi) is 7.34. The van der Waals surface area contributed by atoms with Crippen molar-refractivity contribution in [3.8, 4) is 0 Å². The van der Waals surface area contributed by atoms with E-state index in [0.29, 0.717) is 31.3 Å². The minimum absolute atomic E-state index is 0.119. The molecule has 0 aromatic rings. The summed E-state index contributed by atoms with van der Waals surface area (Å²) in [6, 6.07) is 0. The van der Waals surface area contributed by atoms with Crippen LogP contribution >= 0.6 is 0 Å². The van der Waals surface area contributed by atoms with Crippen LogP contribution in [0.25, 0.3) is 0 Å². The summed E-state index contributed by atoms with van der Waals surface area (Å²) in [5.41, 5.74) is 0. The first-order valence-electron chi connectivity index (χ1n) is 9.31. The quantitative estimate of drug-likeness (QED) is 0.759. The fourth-order valence-electron chi connectivity index (χ4n) is 3.95. The zero-order valence-corrected chi connectivity index (χ0v) is 14.9. The Morgan fingerprint density at radius 3 is 2.65 bits per heavy atom. The molecule has 2 atom stereocenters. The number of carbonyl (C=O) groups excluding carboxylic acids is 2. The van der Waals surface area contributed by atoms with E-state index in [9.17, 15) is 9.59 Å². The van der Waals surface area contributed by atoms with Gasteiger partial charge in [0, 0.05) is 39.1 Å². The van der Waals surface area contributed by atoms with Crippen molar-refractivity contribution in [1.82, 2.24) is 15.1 Å². The van der Waals surface area contributed by atoms with Crippen LogP contribution in [0.1, 0.15) is 52.4 Å². The van der Waals surface area contributed by atoms with Crippen LogP contribution in [-0.2, 0) is 9.59 Å². The van der Waals surface area contributed by atoms with Gasteiger partial charge in [-0.15, -0.1) is 0 Å². The first kappa shape index (κ1) is 18.2. The highest BCUT2D eigenvalue weighted by atomic mass is 16.2. The molecule has 0 aliphatic carbocycles. The smallest absolute Gasteiger partial charge is 0.234 e. The van der Waals surface area contributed by atoms with E-state index in [2.05, 4.69) is 24.1 Å². The van der Waals surface area contributed by atoms with Gasteiger partial charge in [-0.3, -0.25) is 14.5 Å². The molecule has 23 heavy (non-hydrogen) atoms. The average Bonchev–Trinajstić information content (AvgIpc) is 2.67. The molecule has 2 rings (SSSR count). The van der Waals surface area contributed by atoms with Crippen LogP contribution in [0.3, 0.4) is 0 Å². The topological polar surface area (TPSA) is 52.7 Å². The summed E-state index contributed by atoms with van der Waals surface area (Å²) in [5.74, 6) is 1.76. The molecule has 0 aromatic heterocycles. The molecular weight excluding hydrogens is 290 g/mol. The van der Waals surface area contributed by atoms with E-state index in [1.165, 1.54) is 6.42 Å². The van der Waals surface area contributed by atoms with Gasteiger partial charge in [0.2, 0.25) is 11.8 Å². The van der Waals surface area contributed by atoms with Crippen molar-refractivity contribution in [3.63, 3.8) is 0 Å². The SMILES string of the molecule is C[C@@H]1C[C@H](C)CN(CC(=O)NCCCN2CCCCCC2=O)C1. The second-order valence-electron chi connectivity index (χ2n) is 7.54. The molecule has 2 aliphatic heterocycles. The molecule has 1 N–H and O–H groups in total. The standard InChI is InChI=1S/C18H33N3O2/c1-15-11-16(2)13-20(12-15)14-17(22)19-8-6-10-21-9-5-3-4-7-18(21)23/h15-16H,3-14H2,1-2H3,(H,19,22)/t15-,16+. The van der Waals surface area contributed by atoms with Gasteiger partial charge in [0.25, 0.3) is 0 Å². The summed E-state index contributed by atoms with van der Waals surface area (Å²) in [5, 5.41) is 3.01. The number of hydrogen-bond donors (Lipinski definition) is 1. The fraction of sp³-hybridized carbons (Fsp3) is 0.889. The van der Waals surface area contributed by atoms with E-state index in [1.807, 2.05) is 4.90 Å². The molecule has 5 nitrogen and oxygen atoms in total. The predicted molar refractivity (Wildman–Crippen MR) is 92.1 cm³/mol. The zero-order valence-electron chi connectivity index (χ0n) is 14.9. The molecule has 0 aromatic carbocycles. The largest absolute Gasteiger partial charge is 0.355 e. The molecule has 2 saturated heterocycles. The molecular formula is C18H33N3O2. The van der Waals surface area contributed by atoms with Gasteiger partial charge in [-0.1, -0.05) is 20.3 Å². The van der Waals surface area contributed by atoms with Crippen molar-refractivity contribution in [3.05, 3.63) is 0 Å². The van der Waals surface area contributed by atoms with Crippen LogP contribution in [0.5, 0.6) is 0 Å². The Balaban J connectivity index is 1.60. The average molecular weight is 323 g/mol. The first-order valence-corrected chi connectivity index (χ1v) is 9.31. The summed E-state index contributed by atoms with van der Waals surface area (Å²) in [6.07, 6.45) is 6.11. The molecule has 0 unspecified atom stereocenters. The number of nitrogens with one attached hydrogen (secondary N) is 1. The summed E-state index contributed by atoms with van der Waals surface area (Å²) in [4.78, 5) is 28.2. The van der Waals surface area contributed by atoms with Gasteiger partial charge in [-0.25, -0.2) is 0 Å². The van der Waals surface area contributed by atoms with Gasteiger partial charge in [-0.2, -0.15) is 0 Å². The van der Waals surface area contributed by atoms with Crippen LogP contribution in [0.4, 0.5) is 0 Å². The molecule has 5 heteroatoms. The second kappa shape index (κ2) is 9.26. The highest BCUT2D eigenvalue weighted by Crippen LogP contribution is 2.20. The van der Waals surface area contributed by atoms with Gasteiger partial charge < -0.3 is 10.2 Å². The highest BCUT2D eigenvalue weighted by molar-refractivity contribution is 5.78. The highest BCUT2D eigenvalue weighted by Gasteiger charge is 2.23. The van der Waals surface area contributed by atoms with E-state index in [-0.39, 0.29) is 11.8 Å². The molecule has 0 bridgehead atoms. The maximum Gasteiger partial charge on any atom is 0.234 e. The van der Waals surface area contributed by atoms with Gasteiger partial charge in [0.1, 0.15) is 0 Å². The predicted octanol–water partition coefficient (Wildman–Crippen LogP) is 1.87. The minimum atomic E-state index is 0.119. The third kappa shape index (κ3) is 6.50. The number of nitrogens with zero attached hydrogens (tertiary/aromatic N) is 2. The minimum Gasteiger partial charge on any atom is -0.355 e. The monoisotopic (exact) mass is 323 g/mol. The summed E-state index contributed by atoms with van der Waals surface area (Å²) < 4.78 is 0. The van der Waals surface area contributed by atoms with Crippen molar-refractivity contribution in [2.75, 3.05) is 39.3 Å². The van der Waals surface area contributed by atoms with Crippen molar-refractivity contribution in [1.29, 1.82) is 0 Å². The molecule has 2 heterocycles. The van der Waals surface area contributed by atoms with Crippen LogP contribution in [0.15, 0.2) is 0 Å². The first-order chi connectivity index (χ1) is 11.0. The molecule has 2 amide bonds. The lowest BCUT2D eigenvalue weighted by Crippen LogP contribution is -2.45. The molecule has 2 aliphatic rings. The van der Waals surface area contributed by atoms with Crippen LogP contribution in [-0.4, -0.2) is 60.9 Å². The van der Waals surface area contributed by atoms with Gasteiger partial charge in [0.05, 0.1) is 6.54 Å². The van der Waals surface area contributed by atoms with E-state index in [4.69, 9.17) is 0 Å². The second-order valence-corrected chi connectivity index (χ2v) is 7.54. The normalized spacial score (nSPS) is 26.9. The Labute approximate surface area is 140 Å². The third-order valence-corrected chi connectivity index (χ3v) is 4.91. The number of rotatable bonds is 6. The Morgan fingerprint density at radius 2 is 1.91 bits per heavy atom. The number of likely N-dealkylation sites (tertiary alicyclic amines) is 2. The zero-order chi connectivity index (χ0) is 16.7. The molecule has 132 valence electrons. The van der Waals surface area contributed by atoms with E-state index < -0.39 is 0 Å². The molecule has 2 fully saturated rings. The summed E-state index contributed by atoms with van der Waals surface area (Å²) >= 11 is 0. The third-order valence-electron chi connectivity index (χ3n) is 4.91.